The molecular weight excluding hydrogens is 464 g/mol. The van der Waals surface area contributed by atoms with Crippen LogP contribution in [0.4, 0.5) is 5.95 Å². The van der Waals surface area contributed by atoms with Gasteiger partial charge in [-0.3, -0.25) is 14.9 Å². The molecule has 4 aromatic rings. The minimum absolute atomic E-state index is 0.238. The zero-order chi connectivity index (χ0) is 24.3. The number of halogens is 1. The molecule has 0 spiro atoms. The second kappa shape index (κ2) is 8.18. The molecule has 2 aromatic heterocycles. The van der Waals surface area contributed by atoms with Crippen molar-refractivity contribution in [2.24, 2.45) is 0 Å². The fourth-order valence-corrected chi connectivity index (χ4v) is 5.05. The van der Waals surface area contributed by atoms with Gasteiger partial charge in [-0.25, -0.2) is 9.97 Å². The minimum Gasteiger partial charge on any atom is -0.360 e. The summed E-state index contributed by atoms with van der Waals surface area (Å²) in [6.07, 6.45) is 1.78. The number of rotatable bonds is 3. The number of hydrogen-bond acceptors (Lipinski definition) is 6. The summed E-state index contributed by atoms with van der Waals surface area (Å²) in [5.41, 5.74) is 4.26. The highest BCUT2D eigenvalue weighted by Crippen LogP contribution is 2.38. The maximum atomic E-state index is 13.2. The molecule has 8 nitrogen and oxygen atoms in total. The summed E-state index contributed by atoms with van der Waals surface area (Å²) >= 11 is 6.34. The molecule has 176 valence electrons. The molecule has 0 atom stereocenters. The first-order valence-corrected chi connectivity index (χ1v) is 11.9. The molecule has 0 aliphatic carbocycles. The van der Waals surface area contributed by atoms with Crippen LogP contribution in [0.2, 0.25) is 5.02 Å². The predicted molar refractivity (Wildman–Crippen MR) is 137 cm³/mol. The number of para-hydroxylation sites is 1. The fourth-order valence-electron chi connectivity index (χ4n) is 4.88. The first-order chi connectivity index (χ1) is 16.9. The van der Waals surface area contributed by atoms with Crippen LogP contribution in [0.5, 0.6) is 0 Å². The molecule has 2 aliphatic rings. The van der Waals surface area contributed by atoms with Gasteiger partial charge in [0.2, 0.25) is 5.95 Å². The lowest BCUT2D eigenvalue weighted by Crippen LogP contribution is -2.45. The first-order valence-electron chi connectivity index (χ1n) is 11.5. The van der Waals surface area contributed by atoms with Gasteiger partial charge >= 0.3 is 0 Å². The van der Waals surface area contributed by atoms with Gasteiger partial charge in [0.1, 0.15) is 0 Å². The summed E-state index contributed by atoms with van der Waals surface area (Å²) in [5.74, 6) is -0.379. The Kier molecular flexibility index (Phi) is 5.09. The number of carbonyl (C=O) groups excluding carboxylic acids is 2. The normalized spacial score (nSPS) is 17.2. The quantitative estimate of drug-likeness (QED) is 0.431. The smallest absolute Gasteiger partial charge is 0.261 e. The van der Waals surface area contributed by atoms with Crippen LogP contribution < -0.4 is 10.2 Å². The molecule has 2 aromatic carbocycles. The van der Waals surface area contributed by atoms with E-state index in [1.165, 1.54) is 0 Å². The van der Waals surface area contributed by atoms with E-state index in [9.17, 15) is 9.59 Å². The number of piperazine rings is 1. The third-order valence-electron chi connectivity index (χ3n) is 6.79. The number of amides is 2. The Balaban J connectivity index is 1.62. The lowest BCUT2D eigenvalue weighted by atomic mass is 9.96. The summed E-state index contributed by atoms with van der Waals surface area (Å²) in [4.78, 5) is 43.7. The minimum atomic E-state index is -0.476. The second-order valence-corrected chi connectivity index (χ2v) is 9.49. The van der Waals surface area contributed by atoms with Crippen LogP contribution >= 0.6 is 11.6 Å². The zero-order valence-electron chi connectivity index (χ0n) is 19.4. The Morgan fingerprint density at radius 1 is 0.943 bits per heavy atom. The van der Waals surface area contributed by atoms with E-state index in [0.717, 1.165) is 42.6 Å². The topological polar surface area (TPSA) is 94.2 Å². The molecule has 1 saturated heterocycles. The third-order valence-corrected chi connectivity index (χ3v) is 7.03. The van der Waals surface area contributed by atoms with Gasteiger partial charge in [0.25, 0.3) is 11.8 Å². The highest BCUT2D eigenvalue weighted by Gasteiger charge is 2.36. The number of imide groups is 1. The molecule has 0 unspecified atom stereocenters. The average Bonchev–Trinajstić information content (AvgIpc) is 3.39. The van der Waals surface area contributed by atoms with Crippen molar-refractivity contribution in [3.63, 3.8) is 0 Å². The Bertz CT molecular complexity index is 1570. The summed E-state index contributed by atoms with van der Waals surface area (Å²) in [7, 11) is 2.08. The molecule has 9 heteroatoms. The monoisotopic (exact) mass is 486 g/mol. The van der Waals surface area contributed by atoms with E-state index in [1.807, 2.05) is 31.2 Å². The van der Waals surface area contributed by atoms with E-state index >= 15 is 0 Å². The average molecular weight is 487 g/mol. The number of likely N-dealkylation sites (N-methyl/N-ethyl adjacent to an activating group) is 1. The number of benzene rings is 2. The first kappa shape index (κ1) is 21.8. The zero-order valence-corrected chi connectivity index (χ0v) is 20.1. The van der Waals surface area contributed by atoms with Gasteiger partial charge in [-0.1, -0.05) is 29.8 Å². The highest BCUT2D eigenvalue weighted by atomic mass is 35.5. The van der Waals surface area contributed by atoms with Crippen molar-refractivity contribution in [2.45, 2.75) is 6.92 Å². The van der Waals surface area contributed by atoms with Gasteiger partial charge < -0.3 is 14.8 Å². The molecule has 6 rings (SSSR count). The SMILES string of the molecule is Cc1cccc2c(C3=C(c4nc(N5CCN(C)CC5)nc5ccc(Cl)cc45)C(=O)NC3=O)c[nH]c12. The van der Waals surface area contributed by atoms with Gasteiger partial charge in [-0.05, 0) is 37.7 Å². The van der Waals surface area contributed by atoms with Gasteiger partial charge in [-0.2, -0.15) is 0 Å². The molecular formula is C26H23ClN6O2. The maximum absolute atomic E-state index is 13.2. The van der Waals surface area contributed by atoms with Gasteiger partial charge in [0.05, 0.1) is 22.4 Å². The Hall–Kier alpha value is -3.75. The van der Waals surface area contributed by atoms with E-state index in [2.05, 4.69) is 27.1 Å². The molecule has 2 N–H and O–H groups in total. The lowest BCUT2D eigenvalue weighted by molar-refractivity contribution is -0.122. The molecule has 2 aliphatic heterocycles. The largest absolute Gasteiger partial charge is 0.360 e. The highest BCUT2D eigenvalue weighted by molar-refractivity contribution is 6.50. The fraction of sp³-hybridized carbons (Fsp3) is 0.231. The third kappa shape index (κ3) is 3.57. The predicted octanol–water partition coefficient (Wildman–Crippen LogP) is 3.39. The molecule has 35 heavy (non-hydrogen) atoms. The van der Waals surface area contributed by atoms with Crippen molar-refractivity contribution in [3.8, 4) is 0 Å². The maximum Gasteiger partial charge on any atom is 0.261 e. The number of nitrogens with zero attached hydrogens (tertiary/aromatic N) is 4. The van der Waals surface area contributed by atoms with Crippen LogP contribution in [0.15, 0.2) is 42.6 Å². The number of aryl methyl sites for hydroxylation is 1. The summed E-state index contributed by atoms with van der Waals surface area (Å²) in [6, 6.07) is 11.2. The summed E-state index contributed by atoms with van der Waals surface area (Å²) in [6.45, 7) is 5.32. The number of H-pyrrole nitrogens is 1. The van der Waals surface area contributed by atoms with Crippen molar-refractivity contribution in [1.29, 1.82) is 0 Å². The van der Waals surface area contributed by atoms with Crippen LogP contribution in [-0.4, -0.2) is 64.9 Å². The Morgan fingerprint density at radius 3 is 2.51 bits per heavy atom. The molecule has 0 radical (unpaired) electrons. The number of hydrogen-bond donors (Lipinski definition) is 2. The van der Waals surface area contributed by atoms with Crippen LogP contribution in [0.3, 0.4) is 0 Å². The molecule has 1 fully saturated rings. The second-order valence-electron chi connectivity index (χ2n) is 9.06. The Labute approximate surface area is 206 Å². The van der Waals surface area contributed by atoms with Crippen molar-refractivity contribution in [3.05, 3.63) is 64.4 Å². The van der Waals surface area contributed by atoms with Crippen molar-refractivity contribution < 1.29 is 9.59 Å². The number of aromatic nitrogens is 3. The summed E-state index contributed by atoms with van der Waals surface area (Å²) in [5, 5.41) is 4.49. The van der Waals surface area contributed by atoms with Crippen LogP contribution in [0.25, 0.3) is 33.0 Å². The number of fused-ring (bicyclic) bond motifs is 2. The lowest BCUT2D eigenvalue weighted by Gasteiger charge is -2.32. The van der Waals surface area contributed by atoms with E-state index in [0.29, 0.717) is 38.7 Å². The van der Waals surface area contributed by atoms with E-state index in [1.54, 1.807) is 18.3 Å². The molecule has 2 amide bonds. The standard InChI is InChI=1S/C26H23ClN6O2/c1-14-4-3-5-16-18(13-28-22(14)16)20-21(25(35)31-24(20)34)23-17-12-15(27)6-7-19(17)29-26(30-23)33-10-8-32(2)9-11-33/h3-7,12-13,28H,8-11H2,1-2H3,(H,31,34,35). The van der Waals surface area contributed by atoms with Crippen LogP contribution in [0.1, 0.15) is 16.8 Å². The summed E-state index contributed by atoms with van der Waals surface area (Å²) < 4.78 is 0. The molecule has 0 bridgehead atoms. The van der Waals surface area contributed by atoms with Crippen LogP contribution in [-0.2, 0) is 9.59 Å². The molecule has 4 heterocycles. The van der Waals surface area contributed by atoms with Crippen molar-refractivity contribution >= 4 is 62.3 Å². The number of carbonyl (C=O) groups is 2. The molecule has 0 saturated carbocycles. The van der Waals surface area contributed by atoms with E-state index in [4.69, 9.17) is 21.6 Å². The van der Waals surface area contributed by atoms with Gasteiger partial charge in [0.15, 0.2) is 0 Å². The number of nitrogens with one attached hydrogen (secondary N) is 2. The van der Waals surface area contributed by atoms with Crippen LogP contribution in [0, 0.1) is 6.92 Å². The van der Waals surface area contributed by atoms with Gasteiger partial charge in [-0.15, -0.1) is 0 Å². The van der Waals surface area contributed by atoms with E-state index in [-0.39, 0.29) is 5.57 Å². The number of anilines is 1. The van der Waals surface area contributed by atoms with Gasteiger partial charge in [0, 0.05) is 59.3 Å². The number of aromatic amines is 1. The van der Waals surface area contributed by atoms with Crippen molar-refractivity contribution in [2.75, 3.05) is 38.1 Å². The van der Waals surface area contributed by atoms with Crippen molar-refractivity contribution in [1.82, 2.24) is 25.2 Å². The van der Waals surface area contributed by atoms with E-state index < -0.39 is 11.8 Å². The Morgan fingerprint density at radius 2 is 1.71 bits per heavy atom.